The van der Waals surface area contributed by atoms with Crippen LogP contribution >= 0.6 is 11.6 Å². The van der Waals surface area contributed by atoms with Crippen LogP contribution in [-0.2, 0) is 5.88 Å². The third kappa shape index (κ3) is 2.54. The van der Waals surface area contributed by atoms with Crippen molar-refractivity contribution in [2.24, 2.45) is 0 Å². The molecule has 0 saturated heterocycles. The molecule has 2 rings (SSSR count). The summed E-state index contributed by atoms with van der Waals surface area (Å²) in [4.78, 5) is 0. The molecule has 0 radical (unpaired) electrons. The van der Waals surface area contributed by atoms with Crippen LogP contribution in [0.5, 0.6) is 0 Å². The summed E-state index contributed by atoms with van der Waals surface area (Å²) in [6, 6.07) is 0.614. The molecule has 0 N–H and O–H groups in total. The molecule has 0 amide bonds. The highest BCUT2D eigenvalue weighted by Crippen LogP contribution is 2.27. The number of aryl methyl sites for hydroxylation is 1. The normalized spacial score (nSPS) is 19.1. The van der Waals surface area contributed by atoms with Gasteiger partial charge in [-0.2, -0.15) is 5.10 Å². The zero-order valence-corrected chi connectivity index (χ0v) is 10.1. The molecule has 0 aromatic carbocycles. The first-order valence-corrected chi connectivity index (χ1v) is 6.45. The van der Waals surface area contributed by atoms with Crippen molar-refractivity contribution < 1.29 is 0 Å². The van der Waals surface area contributed by atoms with Crippen molar-refractivity contribution >= 4 is 11.6 Å². The minimum atomic E-state index is 0.582. The summed E-state index contributed by atoms with van der Waals surface area (Å²) in [6.07, 6.45) is 10.2. The first-order valence-electron chi connectivity index (χ1n) is 5.92. The van der Waals surface area contributed by atoms with Gasteiger partial charge in [-0.25, -0.2) is 0 Å². The van der Waals surface area contributed by atoms with E-state index in [1.807, 2.05) is 6.92 Å². The molecule has 1 aromatic rings. The van der Waals surface area contributed by atoms with Gasteiger partial charge in [-0.15, -0.1) is 11.6 Å². The van der Waals surface area contributed by atoms with Gasteiger partial charge in [-0.1, -0.05) is 25.7 Å². The van der Waals surface area contributed by atoms with Crippen LogP contribution in [0.4, 0.5) is 0 Å². The van der Waals surface area contributed by atoms with Crippen LogP contribution in [0.2, 0.25) is 0 Å². The van der Waals surface area contributed by atoms with E-state index in [4.69, 9.17) is 11.6 Å². The Balaban J connectivity index is 2.12. The number of hydrogen-bond donors (Lipinski definition) is 0. The molecule has 1 aromatic heterocycles. The lowest BCUT2D eigenvalue weighted by molar-refractivity contribution is 0.404. The molecule has 15 heavy (non-hydrogen) atoms. The van der Waals surface area contributed by atoms with Crippen LogP contribution in [0.15, 0.2) is 6.20 Å². The maximum atomic E-state index is 5.86. The minimum Gasteiger partial charge on any atom is -0.269 e. The van der Waals surface area contributed by atoms with E-state index in [1.54, 1.807) is 0 Å². The average Bonchev–Trinajstić information content (AvgIpc) is 2.48. The zero-order chi connectivity index (χ0) is 10.7. The van der Waals surface area contributed by atoms with E-state index < -0.39 is 0 Å². The summed E-state index contributed by atoms with van der Waals surface area (Å²) >= 11 is 5.86. The molecular formula is C12H19ClN2. The van der Waals surface area contributed by atoms with Gasteiger partial charge in [-0.05, 0) is 19.8 Å². The molecule has 0 atom stereocenters. The minimum absolute atomic E-state index is 0.582. The van der Waals surface area contributed by atoms with Crippen LogP contribution in [0.3, 0.4) is 0 Å². The van der Waals surface area contributed by atoms with Crippen molar-refractivity contribution in [2.45, 2.75) is 57.4 Å². The first-order chi connectivity index (χ1) is 7.31. The molecule has 3 heteroatoms. The number of halogens is 1. The summed E-state index contributed by atoms with van der Waals surface area (Å²) in [7, 11) is 0. The lowest BCUT2D eigenvalue weighted by Crippen LogP contribution is -2.08. The van der Waals surface area contributed by atoms with Crippen LogP contribution in [-0.4, -0.2) is 9.78 Å². The highest BCUT2D eigenvalue weighted by molar-refractivity contribution is 6.17. The number of alkyl halides is 1. The van der Waals surface area contributed by atoms with Gasteiger partial charge in [0.15, 0.2) is 0 Å². The second-order valence-electron chi connectivity index (χ2n) is 4.50. The van der Waals surface area contributed by atoms with Crippen molar-refractivity contribution in [1.29, 1.82) is 0 Å². The lowest BCUT2D eigenvalue weighted by Gasteiger charge is -2.14. The number of nitrogens with zero attached hydrogens (tertiary/aromatic N) is 2. The maximum Gasteiger partial charge on any atom is 0.0637 e. The van der Waals surface area contributed by atoms with Gasteiger partial charge in [0.05, 0.1) is 17.6 Å². The summed E-state index contributed by atoms with van der Waals surface area (Å²) in [5, 5.41) is 4.58. The number of aromatic nitrogens is 2. The predicted octanol–water partition coefficient (Wildman–Crippen LogP) is 3.83. The highest BCUT2D eigenvalue weighted by atomic mass is 35.5. The van der Waals surface area contributed by atoms with Gasteiger partial charge >= 0.3 is 0 Å². The smallest absolute Gasteiger partial charge is 0.0637 e. The first kappa shape index (κ1) is 11.0. The molecule has 1 saturated carbocycles. The van der Waals surface area contributed by atoms with Gasteiger partial charge < -0.3 is 0 Å². The predicted molar refractivity (Wildman–Crippen MR) is 63.3 cm³/mol. The molecule has 0 bridgehead atoms. The molecule has 1 aliphatic rings. The van der Waals surface area contributed by atoms with E-state index in [0.29, 0.717) is 11.9 Å². The van der Waals surface area contributed by atoms with Gasteiger partial charge in [0.2, 0.25) is 0 Å². The van der Waals surface area contributed by atoms with Gasteiger partial charge in [-0.3, -0.25) is 4.68 Å². The Hall–Kier alpha value is -0.500. The Labute approximate surface area is 96.6 Å². The largest absolute Gasteiger partial charge is 0.269 e. The number of hydrogen-bond acceptors (Lipinski definition) is 1. The molecule has 1 heterocycles. The monoisotopic (exact) mass is 226 g/mol. The topological polar surface area (TPSA) is 17.8 Å². The maximum absolute atomic E-state index is 5.86. The summed E-state index contributed by atoms with van der Waals surface area (Å²) < 4.78 is 2.15. The van der Waals surface area contributed by atoms with E-state index in [1.165, 1.54) is 44.1 Å². The molecule has 1 aliphatic carbocycles. The Bertz CT molecular complexity index is 311. The highest BCUT2D eigenvalue weighted by Gasteiger charge is 2.15. The lowest BCUT2D eigenvalue weighted by atomic mass is 10.1. The van der Waals surface area contributed by atoms with E-state index in [9.17, 15) is 0 Å². The van der Waals surface area contributed by atoms with E-state index in [2.05, 4.69) is 16.0 Å². The van der Waals surface area contributed by atoms with Crippen molar-refractivity contribution in [1.82, 2.24) is 9.78 Å². The van der Waals surface area contributed by atoms with E-state index in [-0.39, 0.29) is 0 Å². The second-order valence-corrected chi connectivity index (χ2v) is 4.77. The summed E-state index contributed by atoms with van der Waals surface area (Å²) in [6.45, 7) is 2.05. The standard InChI is InChI=1S/C12H19ClN2/c1-10-11(8-13)9-15(14-10)12-6-4-2-3-5-7-12/h9,12H,2-8H2,1H3. The van der Waals surface area contributed by atoms with Crippen LogP contribution in [0, 0.1) is 6.92 Å². The van der Waals surface area contributed by atoms with E-state index >= 15 is 0 Å². The zero-order valence-electron chi connectivity index (χ0n) is 9.38. The molecule has 84 valence electrons. The fourth-order valence-corrected chi connectivity index (χ4v) is 2.62. The molecule has 0 aliphatic heterocycles. The number of rotatable bonds is 2. The Kier molecular flexibility index (Phi) is 3.68. The Morgan fingerprint density at radius 3 is 2.53 bits per heavy atom. The fraction of sp³-hybridized carbons (Fsp3) is 0.750. The third-order valence-electron chi connectivity index (χ3n) is 3.36. The van der Waals surface area contributed by atoms with Crippen LogP contribution in [0.25, 0.3) is 0 Å². The van der Waals surface area contributed by atoms with Gasteiger partial charge in [0.1, 0.15) is 0 Å². The molecule has 0 unspecified atom stereocenters. The summed E-state index contributed by atoms with van der Waals surface area (Å²) in [5.41, 5.74) is 2.27. The van der Waals surface area contributed by atoms with Crippen molar-refractivity contribution in [3.8, 4) is 0 Å². The second kappa shape index (κ2) is 5.02. The van der Waals surface area contributed by atoms with Crippen LogP contribution < -0.4 is 0 Å². The molecule has 2 nitrogen and oxygen atoms in total. The quantitative estimate of drug-likeness (QED) is 0.554. The fourth-order valence-electron chi connectivity index (χ4n) is 2.36. The molecule has 0 spiro atoms. The van der Waals surface area contributed by atoms with Gasteiger partial charge in [0.25, 0.3) is 0 Å². The van der Waals surface area contributed by atoms with Gasteiger partial charge in [0, 0.05) is 11.8 Å². The SMILES string of the molecule is Cc1nn(C2CCCCCC2)cc1CCl. The third-order valence-corrected chi connectivity index (χ3v) is 3.65. The average molecular weight is 227 g/mol. The molecular weight excluding hydrogens is 208 g/mol. The van der Waals surface area contributed by atoms with Crippen molar-refractivity contribution in [2.75, 3.05) is 0 Å². The van der Waals surface area contributed by atoms with Crippen molar-refractivity contribution in [3.05, 3.63) is 17.5 Å². The summed E-state index contributed by atoms with van der Waals surface area (Å²) in [5.74, 6) is 0.582. The van der Waals surface area contributed by atoms with Crippen LogP contribution in [0.1, 0.15) is 55.8 Å². The molecule has 1 fully saturated rings. The Morgan fingerprint density at radius 1 is 1.33 bits per heavy atom. The Morgan fingerprint density at radius 2 is 2.00 bits per heavy atom. The van der Waals surface area contributed by atoms with Crippen molar-refractivity contribution in [3.63, 3.8) is 0 Å². The van der Waals surface area contributed by atoms with E-state index in [0.717, 1.165) is 5.69 Å².